The van der Waals surface area contributed by atoms with E-state index in [0.29, 0.717) is 17.4 Å². The highest BCUT2D eigenvalue weighted by Gasteiger charge is 2.27. The minimum atomic E-state index is -4.35. The summed E-state index contributed by atoms with van der Waals surface area (Å²) in [5.74, 6) is -0.201. The van der Waals surface area contributed by atoms with Crippen LogP contribution in [0.15, 0.2) is 60.8 Å². The van der Waals surface area contributed by atoms with Crippen LogP contribution in [0, 0.1) is 0 Å². The van der Waals surface area contributed by atoms with Gasteiger partial charge in [0.05, 0.1) is 39.9 Å². The van der Waals surface area contributed by atoms with Gasteiger partial charge in [-0.25, -0.2) is 4.57 Å². The van der Waals surface area contributed by atoms with E-state index in [-0.39, 0.29) is 19.1 Å². The fraction of sp³-hybridized carbons (Fsp3) is 0.784. The Morgan fingerprint density at radius 3 is 1.47 bits per heavy atom. The molecule has 0 aliphatic carbocycles. The summed E-state index contributed by atoms with van der Waals surface area (Å²) in [6.45, 7) is 4.68. The van der Waals surface area contributed by atoms with E-state index in [1.54, 1.807) is 6.08 Å². The van der Waals surface area contributed by atoms with Crippen LogP contribution in [0.3, 0.4) is 0 Å². The summed E-state index contributed by atoms with van der Waals surface area (Å²) >= 11 is 0. The molecule has 3 unspecified atom stereocenters. The predicted molar refractivity (Wildman–Crippen MR) is 258 cm³/mol. The maximum Gasteiger partial charge on any atom is 0.472 e. The van der Waals surface area contributed by atoms with Crippen LogP contribution in [-0.2, 0) is 18.4 Å². The van der Waals surface area contributed by atoms with Crippen molar-refractivity contribution in [2.75, 3.05) is 40.9 Å². The van der Waals surface area contributed by atoms with Crippen molar-refractivity contribution in [3.05, 3.63) is 60.8 Å². The van der Waals surface area contributed by atoms with Crippen molar-refractivity contribution >= 4 is 13.7 Å². The zero-order chi connectivity index (χ0) is 44.3. The lowest BCUT2D eigenvalue weighted by Crippen LogP contribution is -2.45. The molecule has 3 N–H and O–H groups in total. The molecule has 8 nitrogen and oxygen atoms in total. The van der Waals surface area contributed by atoms with Gasteiger partial charge in [-0.05, 0) is 57.8 Å². The van der Waals surface area contributed by atoms with Crippen molar-refractivity contribution < 1.29 is 32.9 Å². The molecule has 0 aromatic rings. The highest BCUT2D eigenvalue weighted by Crippen LogP contribution is 2.43. The van der Waals surface area contributed by atoms with Gasteiger partial charge in [0.1, 0.15) is 13.2 Å². The van der Waals surface area contributed by atoms with Crippen LogP contribution in [-0.4, -0.2) is 73.4 Å². The normalized spacial score (nSPS) is 14.7. The minimum Gasteiger partial charge on any atom is -0.387 e. The number of carbonyl (C=O) groups excluding carboxylic acids is 1. The van der Waals surface area contributed by atoms with Crippen LogP contribution in [0.1, 0.15) is 206 Å². The number of unbranched alkanes of at least 4 members (excludes halogenated alkanes) is 23. The average molecular weight is 864 g/mol. The summed E-state index contributed by atoms with van der Waals surface area (Å²) in [6, 6.07) is -0.862. The van der Waals surface area contributed by atoms with Crippen molar-refractivity contribution in [3.8, 4) is 0 Å². The zero-order valence-electron chi connectivity index (χ0n) is 39.7. The molecule has 0 rings (SSSR count). The van der Waals surface area contributed by atoms with Crippen molar-refractivity contribution in [1.29, 1.82) is 0 Å². The third-order valence-corrected chi connectivity index (χ3v) is 11.7. The lowest BCUT2D eigenvalue weighted by molar-refractivity contribution is -0.870. The van der Waals surface area contributed by atoms with Crippen LogP contribution in [0.25, 0.3) is 0 Å². The monoisotopic (exact) mass is 864 g/mol. The van der Waals surface area contributed by atoms with E-state index in [1.165, 1.54) is 109 Å². The molecule has 0 saturated heterocycles. The Labute approximate surface area is 371 Å². The first kappa shape index (κ1) is 58.2. The first-order valence-electron chi connectivity index (χ1n) is 24.7. The SMILES string of the molecule is CC/C=C\C/C=C\C/C=C\C/C=C\CCCCCCC(=O)NC(COP(=O)(O)OCC[N+](C)(C)C)C(O)/C=C/CCCCCCCCCCCCCCCCCCCCC. The molecular weight excluding hydrogens is 768 g/mol. The van der Waals surface area contributed by atoms with Gasteiger partial charge in [-0.1, -0.05) is 203 Å². The van der Waals surface area contributed by atoms with Crippen molar-refractivity contribution in [3.63, 3.8) is 0 Å². The summed E-state index contributed by atoms with van der Waals surface area (Å²) in [5.41, 5.74) is 0. The molecule has 9 heteroatoms. The topological polar surface area (TPSA) is 105 Å². The van der Waals surface area contributed by atoms with Gasteiger partial charge in [0.25, 0.3) is 0 Å². The van der Waals surface area contributed by atoms with E-state index in [9.17, 15) is 19.4 Å². The molecule has 0 aliphatic heterocycles. The van der Waals surface area contributed by atoms with Crippen LogP contribution in [0.2, 0.25) is 0 Å². The van der Waals surface area contributed by atoms with Crippen molar-refractivity contribution in [2.24, 2.45) is 0 Å². The second kappa shape index (κ2) is 42.5. The third-order valence-electron chi connectivity index (χ3n) is 10.7. The Bertz CT molecular complexity index is 1160. The maximum absolute atomic E-state index is 12.9. The number of carbonyl (C=O) groups is 1. The smallest absolute Gasteiger partial charge is 0.387 e. The molecule has 0 spiro atoms. The summed E-state index contributed by atoms with van der Waals surface area (Å²) in [7, 11) is 1.55. The van der Waals surface area contributed by atoms with Crippen molar-refractivity contribution in [1.82, 2.24) is 5.32 Å². The van der Waals surface area contributed by atoms with Gasteiger partial charge >= 0.3 is 7.82 Å². The fourth-order valence-electron chi connectivity index (χ4n) is 6.86. The third kappa shape index (κ3) is 44.3. The Balaban J connectivity index is 4.39. The highest BCUT2D eigenvalue weighted by molar-refractivity contribution is 7.47. The number of hydrogen-bond donors (Lipinski definition) is 3. The second-order valence-electron chi connectivity index (χ2n) is 17.8. The van der Waals surface area contributed by atoms with E-state index < -0.39 is 20.0 Å². The number of phosphoric ester groups is 1. The minimum absolute atomic E-state index is 0.0541. The van der Waals surface area contributed by atoms with Crippen LogP contribution >= 0.6 is 7.82 Å². The van der Waals surface area contributed by atoms with E-state index in [1.807, 2.05) is 27.2 Å². The molecule has 3 atom stereocenters. The highest BCUT2D eigenvalue weighted by atomic mass is 31.2. The van der Waals surface area contributed by atoms with Crippen LogP contribution < -0.4 is 5.32 Å². The lowest BCUT2D eigenvalue weighted by Gasteiger charge is -2.25. The summed E-state index contributed by atoms with van der Waals surface area (Å²) in [6.07, 6.45) is 55.8. The molecule has 0 saturated carbocycles. The molecule has 0 aromatic heterocycles. The summed E-state index contributed by atoms with van der Waals surface area (Å²) in [5, 5.41) is 13.9. The van der Waals surface area contributed by atoms with E-state index in [0.717, 1.165) is 77.0 Å². The lowest BCUT2D eigenvalue weighted by atomic mass is 10.0. The zero-order valence-corrected chi connectivity index (χ0v) is 40.6. The molecule has 0 radical (unpaired) electrons. The summed E-state index contributed by atoms with van der Waals surface area (Å²) < 4.78 is 23.6. The average Bonchev–Trinajstić information content (AvgIpc) is 3.20. The number of rotatable bonds is 44. The molecule has 1 amide bonds. The van der Waals surface area contributed by atoms with Gasteiger partial charge in [-0.2, -0.15) is 0 Å². The number of allylic oxidation sites excluding steroid dienone is 9. The standard InChI is InChI=1S/C51H95N2O6P/c1-6-8-10-12-14-16-18-20-22-24-25-26-27-29-30-32-34-36-38-40-42-44-50(54)49(48-59-60(56,57)58-47-46-53(3,4)5)52-51(55)45-43-41-39-37-35-33-31-28-23-21-19-17-15-13-11-9-7-2/h9,11,15,17,21,23,31,33,42,44,49-50,54H,6-8,10,12-14,16,18-20,22,24-30,32,34-41,43,45-48H2,1-5H3,(H-,52,55,56,57)/p+1/b11-9-,17-15-,23-21-,33-31-,44-42+. The predicted octanol–water partition coefficient (Wildman–Crippen LogP) is 14.2. The van der Waals surface area contributed by atoms with Gasteiger partial charge in [-0.3, -0.25) is 13.8 Å². The summed E-state index contributed by atoms with van der Waals surface area (Å²) in [4.78, 5) is 23.2. The largest absolute Gasteiger partial charge is 0.472 e. The Kier molecular flexibility index (Phi) is 41.2. The van der Waals surface area contributed by atoms with E-state index in [4.69, 9.17) is 9.05 Å². The van der Waals surface area contributed by atoms with Crippen LogP contribution in [0.5, 0.6) is 0 Å². The number of nitrogens with one attached hydrogen (secondary N) is 1. The number of quaternary nitrogens is 1. The molecule has 0 fully saturated rings. The molecular formula is C51H96N2O6P+. The van der Waals surface area contributed by atoms with Gasteiger partial charge in [-0.15, -0.1) is 0 Å². The molecule has 0 bridgehead atoms. The number of amides is 1. The first-order chi connectivity index (χ1) is 29.0. The number of aliphatic hydroxyl groups excluding tert-OH is 1. The molecule has 350 valence electrons. The number of aliphatic hydroxyl groups is 1. The quantitative estimate of drug-likeness (QED) is 0.0244. The van der Waals surface area contributed by atoms with Gasteiger partial charge < -0.3 is 19.8 Å². The molecule has 0 aliphatic rings. The number of likely N-dealkylation sites (N-methyl/N-ethyl adjacent to an activating group) is 1. The van der Waals surface area contributed by atoms with Crippen LogP contribution in [0.4, 0.5) is 0 Å². The molecule has 60 heavy (non-hydrogen) atoms. The Morgan fingerprint density at radius 1 is 0.583 bits per heavy atom. The van der Waals surface area contributed by atoms with E-state index >= 15 is 0 Å². The molecule has 0 aromatic carbocycles. The van der Waals surface area contributed by atoms with Gasteiger partial charge in [0.2, 0.25) is 5.91 Å². The number of phosphoric acid groups is 1. The van der Waals surface area contributed by atoms with E-state index in [2.05, 4.69) is 67.8 Å². The fourth-order valence-corrected chi connectivity index (χ4v) is 7.59. The van der Waals surface area contributed by atoms with Gasteiger partial charge in [0, 0.05) is 6.42 Å². The second-order valence-corrected chi connectivity index (χ2v) is 19.3. The van der Waals surface area contributed by atoms with Gasteiger partial charge in [0.15, 0.2) is 0 Å². The first-order valence-corrected chi connectivity index (χ1v) is 26.2. The maximum atomic E-state index is 12.9. The number of hydrogen-bond acceptors (Lipinski definition) is 5. The molecule has 0 heterocycles. The Hall–Kier alpha value is -1.80. The number of nitrogens with zero attached hydrogens (tertiary/aromatic N) is 1. The van der Waals surface area contributed by atoms with Crippen molar-refractivity contribution in [2.45, 2.75) is 219 Å². The Morgan fingerprint density at radius 2 is 1.00 bits per heavy atom.